The summed E-state index contributed by atoms with van der Waals surface area (Å²) in [6.45, 7) is 6.54. The van der Waals surface area contributed by atoms with Gasteiger partial charge in [0.25, 0.3) is 0 Å². The molecular weight excluding hydrogens is 408 g/mol. The lowest BCUT2D eigenvalue weighted by Gasteiger charge is -2.33. The van der Waals surface area contributed by atoms with Crippen molar-refractivity contribution in [3.8, 4) is 28.3 Å². The summed E-state index contributed by atoms with van der Waals surface area (Å²) < 4.78 is 8.93. The van der Waals surface area contributed by atoms with Gasteiger partial charge in [0.1, 0.15) is 16.1 Å². The number of fused-ring (bicyclic) bond motifs is 3. The van der Waals surface area contributed by atoms with Crippen LogP contribution in [0.4, 0.5) is 5.69 Å². The van der Waals surface area contributed by atoms with Crippen LogP contribution in [0.25, 0.3) is 16.8 Å². The summed E-state index contributed by atoms with van der Waals surface area (Å²) in [6, 6.07) is 24.4. The molecule has 0 amide bonds. The molecule has 0 aliphatic carbocycles. The normalized spacial score (nSPS) is 13.8. The molecule has 3 aromatic carbocycles. The summed E-state index contributed by atoms with van der Waals surface area (Å²) in [5.74, 6) is 1.63. The van der Waals surface area contributed by atoms with Crippen molar-refractivity contribution in [1.29, 1.82) is 0 Å². The highest BCUT2D eigenvalue weighted by molar-refractivity contribution is 7.71. The van der Waals surface area contributed by atoms with Crippen molar-refractivity contribution in [1.82, 2.24) is 3.96 Å². The van der Waals surface area contributed by atoms with Crippen molar-refractivity contribution in [3.05, 3.63) is 87.9 Å². The smallest absolute Gasteiger partial charge is 0.129 e. The third-order valence-electron chi connectivity index (χ3n) is 5.32. The van der Waals surface area contributed by atoms with E-state index < -0.39 is 0 Å². The summed E-state index contributed by atoms with van der Waals surface area (Å²) >= 11 is 7.68. The number of anilines is 1. The molecule has 0 unspecified atom stereocenters. The first-order chi connectivity index (χ1) is 14.4. The van der Waals surface area contributed by atoms with E-state index >= 15 is 0 Å². The fraction of sp³-hybridized carbons (Fsp3) is 0.160. The van der Waals surface area contributed by atoms with Crippen LogP contribution in [0.15, 0.2) is 72.8 Å². The lowest BCUT2D eigenvalue weighted by Crippen LogP contribution is -2.30. The molecule has 0 fully saturated rings. The van der Waals surface area contributed by atoms with Crippen LogP contribution in [-0.2, 0) is 5.54 Å². The van der Waals surface area contributed by atoms with Crippen molar-refractivity contribution >= 4 is 29.4 Å². The Morgan fingerprint density at radius 1 is 0.933 bits per heavy atom. The molecule has 0 bridgehead atoms. The zero-order chi connectivity index (χ0) is 20.9. The second-order valence-electron chi connectivity index (χ2n) is 8.10. The molecule has 1 aliphatic rings. The number of aromatic nitrogens is 1. The average molecular weight is 431 g/mol. The lowest BCUT2D eigenvalue weighted by atomic mass is 9.89. The topological polar surface area (TPSA) is 26.2 Å². The first kappa shape index (κ1) is 19.1. The molecule has 0 radical (unpaired) electrons. The van der Waals surface area contributed by atoms with Gasteiger partial charge in [0.15, 0.2) is 0 Å². The van der Waals surface area contributed by atoms with Crippen LogP contribution in [0.5, 0.6) is 11.5 Å². The standard InChI is InChI=1S/C25H22N2OS2/c1-16-9-14-21-20(15-16)22-23(25(2,3)26-21)30-27(24(22)29)17-10-12-19(13-11-17)28-18-7-5-4-6-8-18/h4-15,26H,1-3H3. The van der Waals surface area contributed by atoms with Crippen molar-refractivity contribution < 1.29 is 4.74 Å². The van der Waals surface area contributed by atoms with Crippen LogP contribution in [0.2, 0.25) is 0 Å². The zero-order valence-electron chi connectivity index (χ0n) is 17.1. The molecule has 3 nitrogen and oxygen atoms in total. The maximum Gasteiger partial charge on any atom is 0.129 e. The Kier molecular flexibility index (Phi) is 4.53. The van der Waals surface area contributed by atoms with Gasteiger partial charge in [0.05, 0.1) is 16.1 Å². The number of ether oxygens (including phenoxy) is 1. The largest absolute Gasteiger partial charge is 0.457 e. The molecule has 1 aliphatic heterocycles. The van der Waals surface area contributed by atoms with Gasteiger partial charge in [-0.05, 0) is 69.3 Å². The monoisotopic (exact) mass is 430 g/mol. The van der Waals surface area contributed by atoms with E-state index in [-0.39, 0.29) is 5.54 Å². The molecule has 30 heavy (non-hydrogen) atoms. The summed E-state index contributed by atoms with van der Waals surface area (Å²) in [4.78, 5) is 1.26. The van der Waals surface area contributed by atoms with Crippen molar-refractivity contribution in [2.24, 2.45) is 0 Å². The maximum atomic E-state index is 5.97. The van der Waals surface area contributed by atoms with Crippen molar-refractivity contribution in [2.45, 2.75) is 26.3 Å². The minimum atomic E-state index is -0.183. The minimum Gasteiger partial charge on any atom is -0.457 e. The van der Waals surface area contributed by atoms with E-state index in [1.807, 2.05) is 42.5 Å². The second-order valence-corrected chi connectivity index (χ2v) is 9.45. The molecule has 1 N–H and O–H groups in total. The number of rotatable bonds is 3. The van der Waals surface area contributed by atoms with Gasteiger partial charge in [0.2, 0.25) is 0 Å². The molecule has 5 rings (SSSR count). The van der Waals surface area contributed by atoms with Crippen molar-refractivity contribution in [2.75, 3.05) is 5.32 Å². The van der Waals surface area contributed by atoms with Gasteiger partial charge in [-0.2, -0.15) is 0 Å². The first-order valence-corrected chi connectivity index (χ1v) is 11.1. The molecule has 0 atom stereocenters. The number of aryl methyl sites for hydroxylation is 1. The van der Waals surface area contributed by atoms with Gasteiger partial charge < -0.3 is 10.1 Å². The summed E-state index contributed by atoms with van der Waals surface area (Å²) in [7, 11) is 0. The molecule has 2 heterocycles. The molecule has 0 spiro atoms. The van der Waals surface area contributed by atoms with E-state index in [1.54, 1.807) is 11.5 Å². The minimum absolute atomic E-state index is 0.183. The van der Waals surface area contributed by atoms with Crippen LogP contribution in [0.1, 0.15) is 24.3 Å². The predicted octanol–water partition coefficient (Wildman–Crippen LogP) is 7.70. The second kappa shape index (κ2) is 7.11. The fourth-order valence-corrected chi connectivity index (χ4v) is 5.51. The summed E-state index contributed by atoms with van der Waals surface area (Å²) in [5, 5.41) is 3.68. The highest BCUT2D eigenvalue weighted by atomic mass is 32.1. The van der Waals surface area contributed by atoms with Gasteiger partial charge in [-0.1, -0.05) is 53.6 Å². The van der Waals surface area contributed by atoms with Crippen LogP contribution in [-0.4, -0.2) is 3.96 Å². The van der Waals surface area contributed by atoms with E-state index in [0.717, 1.165) is 27.5 Å². The number of hydrogen-bond donors (Lipinski definition) is 1. The van der Waals surface area contributed by atoms with E-state index in [4.69, 9.17) is 17.0 Å². The third-order valence-corrected chi connectivity index (χ3v) is 7.29. The zero-order valence-corrected chi connectivity index (χ0v) is 18.7. The predicted molar refractivity (Wildman–Crippen MR) is 128 cm³/mol. The maximum absolute atomic E-state index is 5.97. The van der Waals surface area contributed by atoms with Gasteiger partial charge in [-0.3, -0.25) is 3.96 Å². The number of hydrogen-bond acceptors (Lipinski definition) is 4. The van der Waals surface area contributed by atoms with Gasteiger partial charge in [-0.15, -0.1) is 0 Å². The van der Waals surface area contributed by atoms with E-state index in [9.17, 15) is 0 Å². The SMILES string of the molecule is Cc1ccc2c(c1)-c1c(sn(-c3ccc(Oc4ccccc4)cc3)c1=S)C(C)(C)N2. The first-order valence-electron chi connectivity index (χ1n) is 9.92. The molecule has 4 aromatic rings. The molecular formula is C25H22N2OS2. The molecule has 0 saturated carbocycles. The third kappa shape index (κ3) is 3.24. The number of nitrogens with one attached hydrogen (secondary N) is 1. The van der Waals surface area contributed by atoms with Crippen molar-refractivity contribution in [3.63, 3.8) is 0 Å². The molecule has 150 valence electrons. The number of nitrogens with zero attached hydrogens (tertiary/aromatic N) is 1. The Balaban J connectivity index is 1.57. The van der Waals surface area contributed by atoms with Gasteiger partial charge in [-0.25, -0.2) is 0 Å². The molecule has 5 heteroatoms. The average Bonchev–Trinajstić information content (AvgIpc) is 3.09. The van der Waals surface area contributed by atoms with E-state index in [0.29, 0.717) is 0 Å². The fourth-order valence-electron chi connectivity index (χ4n) is 3.85. The number of benzene rings is 3. The van der Waals surface area contributed by atoms with Crippen LogP contribution < -0.4 is 10.1 Å². The van der Waals surface area contributed by atoms with Crippen LogP contribution in [0, 0.1) is 11.6 Å². The lowest BCUT2D eigenvalue weighted by molar-refractivity contribution is 0.482. The Bertz CT molecular complexity index is 1290. The Hall–Kier alpha value is -2.89. The molecule has 1 aromatic heterocycles. The number of para-hydroxylation sites is 1. The summed E-state index contributed by atoms with van der Waals surface area (Å²) in [5.41, 5.74) is 5.59. The van der Waals surface area contributed by atoms with Crippen LogP contribution >= 0.6 is 23.8 Å². The van der Waals surface area contributed by atoms with Crippen LogP contribution in [0.3, 0.4) is 0 Å². The Morgan fingerprint density at radius 2 is 1.63 bits per heavy atom. The summed E-state index contributed by atoms with van der Waals surface area (Å²) in [6.07, 6.45) is 0. The van der Waals surface area contributed by atoms with Gasteiger partial charge >= 0.3 is 0 Å². The highest BCUT2D eigenvalue weighted by Gasteiger charge is 2.34. The highest BCUT2D eigenvalue weighted by Crippen LogP contribution is 2.47. The Labute approximate surface area is 185 Å². The Morgan fingerprint density at radius 3 is 2.37 bits per heavy atom. The quantitative estimate of drug-likeness (QED) is 0.337. The molecule has 0 saturated heterocycles. The van der Waals surface area contributed by atoms with Gasteiger partial charge in [0, 0.05) is 16.8 Å². The van der Waals surface area contributed by atoms with E-state index in [1.165, 1.54) is 21.6 Å². The van der Waals surface area contributed by atoms with E-state index in [2.05, 4.69) is 60.4 Å².